The van der Waals surface area contributed by atoms with Gasteiger partial charge in [-0.25, -0.2) is 12.4 Å². The fourth-order valence-electron chi connectivity index (χ4n) is 2.14. The number of primary amides is 1. The average molecular weight is 338 g/mol. The van der Waals surface area contributed by atoms with E-state index in [0.717, 1.165) is 16.1 Å². The molecule has 2 rings (SSSR count). The SMILES string of the molecule is NC(=O)CC(N)c1cccn1S(=O)(=O)c1ccccc1[N+](=O)[O-]. The zero-order valence-corrected chi connectivity index (χ0v) is 12.6. The molecule has 4 N–H and O–H groups in total. The van der Waals surface area contributed by atoms with Crippen LogP contribution in [0.4, 0.5) is 5.69 Å². The van der Waals surface area contributed by atoms with Gasteiger partial charge < -0.3 is 11.5 Å². The molecule has 0 aliphatic rings. The molecule has 0 aliphatic heterocycles. The summed E-state index contributed by atoms with van der Waals surface area (Å²) in [5, 5.41) is 11.0. The number of nitrogens with two attached hydrogens (primary N) is 2. The zero-order valence-electron chi connectivity index (χ0n) is 11.8. The molecule has 1 aromatic carbocycles. The first-order valence-corrected chi connectivity index (χ1v) is 7.89. The summed E-state index contributed by atoms with van der Waals surface area (Å²) < 4.78 is 26.3. The van der Waals surface area contributed by atoms with Gasteiger partial charge in [0.1, 0.15) is 0 Å². The summed E-state index contributed by atoms with van der Waals surface area (Å²) in [4.78, 5) is 20.8. The molecule has 0 saturated heterocycles. The molecule has 1 aromatic heterocycles. The Hall–Kier alpha value is -2.72. The second kappa shape index (κ2) is 6.18. The van der Waals surface area contributed by atoms with Crippen molar-refractivity contribution in [3.05, 3.63) is 58.4 Å². The van der Waals surface area contributed by atoms with Gasteiger partial charge in [-0.05, 0) is 18.2 Å². The Morgan fingerprint density at radius 1 is 1.26 bits per heavy atom. The van der Waals surface area contributed by atoms with Crippen LogP contribution in [0, 0.1) is 10.1 Å². The standard InChI is InChI=1S/C13H14N4O5S/c14-9(8-13(15)18)10-5-3-7-16(10)23(21,22)12-6-2-1-4-11(12)17(19)20/h1-7,9H,8,14H2,(H2,15,18). The molecule has 9 nitrogen and oxygen atoms in total. The van der Waals surface area contributed by atoms with Gasteiger partial charge in [-0.1, -0.05) is 12.1 Å². The summed E-state index contributed by atoms with van der Waals surface area (Å²) in [6.07, 6.45) is 0.957. The first-order valence-electron chi connectivity index (χ1n) is 6.45. The van der Waals surface area contributed by atoms with Gasteiger partial charge in [0.05, 0.1) is 16.7 Å². The van der Waals surface area contributed by atoms with E-state index in [4.69, 9.17) is 11.5 Å². The predicted molar refractivity (Wildman–Crippen MR) is 80.9 cm³/mol. The summed E-state index contributed by atoms with van der Waals surface area (Å²) in [6.45, 7) is 0. The summed E-state index contributed by atoms with van der Waals surface area (Å²) in [7, 11) is -4.24. The Bertz CT molecular complexity index is 859. The van der Waals surface area contributed by atoms with E-state index in [1.165, 1.54) is 30.5 Å². The van der Waals surface area contributed by atoms with Gasteiger partial charge in [0.2, 0.25) is 5.91 Å². The van der Waals surface area contributed by atoms with Crippen LogP contribution in [0.2, 0.25) is 0 Å². The van der Waals surface area contributed by atoms with Gasteiger partial charge in [-0.3, -0.25) is 14.9 Å². The van der Waals surface area contributed by atoms with Gasteiger partial charge in [-0.2, -0.15) is 0 Å². The summed E-state index contributed by atoms with van der Waals surface area (Å²) in [5.41, 5.74) is 10.4. The number of benzene rings is 1. The molecule has 1 atom stereocenters. The fraction of sp³-hybridized carbons (Fsp3) is 0.154. The van der Waals surface area contributed by atoms with E-state index in [1.807, 2.05) is 0 Å². The first-order chi connectivity index (χ1) is 10.7. The maximum absolute atomic E-state index is 12.7. The molecule has 0 saturated carbocycles. The molecule has 0 radical (unpaired) electrons. The minimum Gasteiger partial charge on any atom is -0.370 e. The fourth-order valence-corrected chi connectivity index (χ4v) is 3.71. The van der Waals surface area contributed by atoms with Crippen LogP contribution in [-0.4, -0.2) is 23.2 Å². The van der Waals surface area contributed by atoms with Crippen LogP contribution >= 0.6 is 0 Å². The minimum absolute atomic E-state index is 0.113. The molecule has 122 valence electrons. The van der Waals surface area contributed by atoms with E-state index in [0.29, 0.717) is 0 Å². The highest BCUT2D eigenvalue weighted by Gasteiger charge is 2.29. The van der Waals surface area contributed by atoms with Gasteiger partial charge in [0.15, 0.2) is 4.90 Å². The van der Waals surface area contributed by atoms with E-state index in [9.17, 15) is 23.3 Å². The van der Waals surface area contributed by atoms with Crippen LogP contribution in [0.3, 0.4) is 0 Å². The Morgan fingerprint density at radius 3 is 2.52 bits per heavy atom. The van der Waals surface area contributed by atoms with Crippen molar-refractivity contribution < 1.29 is 18.1 Å². The number of amides is 1. The number of nitrogens with zero attached hydrogens (tertiary/aromatic N) is 2. The van der Waals surface area contributed by atoms with Crippen molar-refractivity contribution in [3.63, 3.8) is 0 Å². The van der Waals surface area contributed by atoms with E-state index in [1.54, 1.807) is 0 Å². The quantitative estimate of drug-likeness (QED) is 0.578. The monoisotopic (exact) mass is 338 g/mol. The topological polar surface area (TPSA) is 151 Å². The number of para-hydroxylation sites is 1. The summed E-state index contributed by atoms with van der Waals surface area (Å²) in [5.74, 6) is -0.687. The Kier molecular flexibility index (Phi) is 4.48. The van der Waals surface area contributed by atoms with Crippen LogP contribution in [-0.2, 0) is 14.8 Å². The van der Waals surface area contributed by atoms with Crippen molar-refractivity contribution in [1.82, 2.24) is 3.97 Å². The molecule has 0 bridgehead atoms. The second-order valence-electron chi connectivity index (χ2n) is 4.74. The molecule has 23 heavy (non-hydrogen) atoms. The van der Waals surface area contributed by atoms with Gasteiger partial charge in [-0.15, -0.1) is 0 Å². The molecule has 1 unspecified atom stereocenters. The van der Waals surface area contributed by atoms with Crippen molar-refractivity contribution in [2.75, 3.05) is 0 Å². The minimum atomic E-state index is -4.24. The lowest BCUT2D eigenvalue weighted by Crippen LogP contribution is -2.25. The Balaban J connectivity index is 2.57. The number of carbonyl (C=O) groups is 1. The van der Waals surface area contributed by atoms with E-state index < -0.39 is 37.5 Å². The number of nitro benzene ring substituents is 1. The lowest BCUT2D eigenvalue weighted by molar-refractivity contribution is -0.387. The Labute approximate surface area is 131 Å². The van der Waals surface area contributed by atoms with Crippen LogP contribution in [0.5, 0.6) is 0 Å². The maximum atomic E-state index is 12.7. The molecule has 10 heteroatoms. The van der Waals surface area contributed by atoms with Crippen molar-refractivity contribution in [1.29, 1.82) is 0 Å². The highest BCUT2D eigenvalue weighted by molar-refractivity contribution is 7.90. The van der Waals surface area contributed by atoms with E-state index in [-0.39, 0.29) is 12.1 Å². The molecular weight excluding hydrogens is 324 g/mol. The van der Waals surface area contributed by atoms with Crippen molar-refractivity contribution >= 4 is 21.6 Å². The lowest BCUT2D eigenvalue weighted by Gasteiger charge is -2.14. The first kappa shape index (κ1) is 16.6. The van der Waals surface area contributed by atoms with Crippen molar-refractivity contribution in [2.45, 2.75) is 17.4 Å². The molecular formula is C13H14N4O5S. The number of aromatic nitrogens is 1. The van der Waals surface area contributed by atoms with Gasteiger partial charge in [0, 0.05) is 18.7 Å². The summed E-state index contributed by atoms with van der Waals surface area (Å²) >= 11 is 0. The molecule has 1 amide bonds. The number of hydrogen-bond acceptors (Lipinski definition) is 6. The van der Waals surface area contributed by atoms with Crippen LogP contribution < -0.4 is 11.5 Å². The second-order valence-corrected chi connectivity index (χ2v) is 6.52. The summed E-state index contributed by atoms with van der Waals surface area (Å²) in [6, 6.07) is 6.87. The molecule has 0 aliphatic carbocycles. The van der Waals surface area contributed by atoms with Gasteiger partial charge in [0.25, 0.3) is 15.7 Å². The predicted octanol–water partition coefficient (Wildman–Crippen LogP) is 0.509. The molecule has 0 fully saturated rings. The highest BCUT2D eigenvalue weighted by atomic mass is 32.2. The highest BCUT2D eigenvalue weighted by Crippen LogP contribution is 2.27. The molecule has 2 aromatic rings. The van der Waals surface area contributed by atoms with E-state index in [2.05, 4.69) is 0 Å². The van der Waals surface area contributed by atoms with Gasteiger partial charge >= 0.3 is 0 Å². The molecule has 0 spiro atoms. The lowest BCUT2D eigenvalue weighted by atomic mass is 10.1. The third-order valence-electron chi connectivity index (χ3n) is 3.14. The van der Waals surface area contributed by atoms with Crippen molar-refractivity contribution in [3.8, 4) is 0 Å². The number of nitro groups is 1. The molecule has 1 heterocycles. The van der Waals surface area contributed by atoms with Crippen molar-refractivity contribution in [2.24, 2.45) is 11.5 Å². The number of carbonyl (C=O) groups excluding carboxylic acids is 1. The normalized spacial score (nSPS) is 12.7. The number of hydrogen-bond donors (Lipinski definition) is 2. The maximum Gasteiger partial charge on any atom is 0.289 e. The average Bonchev–Trinajstić information content (AvgIpc) is 2.96. The van der Waals surface area contributed by atoms with Crippen LogP contribution in [0.25, 0.3) is 0 Å². The third kappa shape index (κ3) is 3.22. The smallest absolute Gasteiger partial charge is 0.289 e. The largest absolute Gasteiger partial charge is 0.370 e. The van der Waals surface area contributed by atoms with Crippen LogP contribution in [0.15, 0.2) is 47.5 Å². The zero-order chi connectivity index (χ0) is 17.2. The third-order valence-corrected chi connectivity index (χ3v) is 4.89. The van der Waals surface area contributed by atoms with Crippen LogP contribution in [0.1, 0.15) is 18.2 Å². The van der Waals surface area contributed by atoms with E-state index >= 15 is 0 Å². The number of rotatable bonds is 6. The Morgan fingerprint density at radius 2 is 1.91 bits per heavy atom.